The number of nitrogens with zero attached hydrogens (tertiary/aromatic N) is 2. The van der Waals surface area contributed by atoms with Crippen LogP contribution < -0.4 is 4.90 Å². The predicted molar refractivity (Wildman–Crippen MR) is 64.3 cm³/mol. The van der Waals surface area contributed by atoms with E-state index < -0.39 is 9.84 Å². The third-order valence-electron chi connectivity index (χ3n) is 3.01. The van der Waals surface area contributed by atoms with E-state index in [-0.39, 0.29) is 5.25 Å². The third kappa shape index (κ3) is 2.52. The normalized spacial score (nSPS) is 22.1. The lowest BCUT2D eigenvalue weighted by Crippen LogP contribution is -2.41. The lowest BCUT2D eigenvalue weighted by molar-refractivity contribution is 0.536. The standard InChI is InChI=1S/C11H16N2O2S/c1-16(14,15)11-3-2-8-13(9-11)10-4-6-12-7-5-10/h4-7,11H,2-3,8-9H2,1H3. The molecule has 1 aliphatic heterocycles. The van der Waals surface area contributed by atoms with E-state index >= 15 is 0 Å². The third-order valence-corrected chi connectivity index (χ3v) is 4.61. The van der Waals surface area contributed by atoms with Gasteiger partial charge in [0.1, 0.15) is 0 Å². The number of aromatic nitrogens is 1. The lowest BCUT2D eigenvalue weighted by atomic mass is 10.1. The van der Waals surface area contributed by atoms with Crippen molar-refractivity contribution in [3.63, 3.8) is 0 Å². The molecule has 1 fully saturated rings. The second kappa shape index (κ2) is 4.41. The Kier molecular flexibility index (Phi) is 3.14. The topological polar surface area (TPSA) is 50.3 Å². The second-order valence-electron chi connectivity index (χ2n) is 4.25. The van der Waals surface area contributed by atoms with Crippen molar-refractivity contribution in [2.45, 2.75) is 18.1 Å². The van der Waals surface area contributed by atoms with E-state index in [1.807, 2.05) is 12.1 Å². The largest absolute Gasteiger partial charge is 0.370 e. The summed E-state index contributed by atoms with van der Waals surface area (Å²) in [5, 5.41) is -0.227. The molecule has 0 amide bonds. The van der Waals surface area contributed by atoms with Gasteiger partial charge in [0.15, 0.2) is 9.84 Å². The van der Waals surface area contributed by atoms with Crippen LogP contribution in [0.5, 0.6) is 0 Å². The summed E-state index contributed by atoms with van der Waals surface area (Å²) in [4.78, 5) is 6.09. The number of hydrogen-bond donors (Lipinski definition) is 0. The van der Waals surface area contributed by atoms with E-state index in [4.69, 9.17) is 0 Å². The van der Waals surface area contributed by atoms with Gasteiger partial charge < -0.3 is 4.90 Å². The Morgan fingerprint density at radius 3 is 2.69 bits per heavy atom. The zero-order chi connectivity index (χ0) is 11.6. The van der Waals surface area contributed by atoms with Crippen molar-refractivity contribution in [1.29, 1.82) is 0 Å². The first-order valence-electron chi connectivity index (χ1n) is 5.41. The van der Waals surface area contributed by atoms with Crippen molar-refractivity contribution in [1.82, 2.24) is 4.98 Å². The fourth-order valence-electron chi connectivity index (χ4n) is 2.08. The fraction of sp³-hybridized carbons (Fsp3) is 0.545. The molecule has 88 valence electrons. The Balaban J connectivity index is 2.14. The Morgan fingerprint density at radius 1 is 1.38 bits per heavy atom. The SMILES string of the molecule is CS(=O)(=O)C1CCCN(c2ccncc2)C1. The molecule has 0 saturated carbocycles. The number of pyridine rings is 1. The van der Waals surface area contributed by atoms with Crippen LogP contribution in [0.4, 0.5) is 5.69 Å². The first kappa shape index (κ1) is 11.4. The zero-order valence-corrected chi connectivity index (χ0v) is 10.2. The number of hydrogen-bond acceptors (Lipinski definition) is 4. The maximum atomic E-state index is 11.5. The number of piperidine rings is 1. The number of sulfone groups is 1. The average molecular weight is 240 g/mol. The Labute approximate surface area is 96.2 Å². The molecular weight excluding hydrogens is 224 g/mol. The van der Waals surface area contributed by atoms with Gasteiger partial charge in [-0.05, 0) is 25.0 Å². The fourth-order valence-corrected chi connectivity index (χ4v) is 3.12. The molecule has 0 aliphatic carbocycles. The Hall–Kier alpha value is -1.10. The molecule has 16 heavy (non-hydrogen) atoms. The molecule has 1 saturated heterocycles. The van der Waals surface area contributed by atoms with E-state index in [0.29, 0.717) is 6.54 Å². The number of anilines is 1. The van der Waals surface area contributed by atoms with Crippen molar-refractivity contribution in [3.8, 4) is 0 Å². The zero-order valence-electron chi connectivity index (χ0n) is 9.33. The van der Waals surface area contributed by atoms with Gasteiger partial charge in [-0.3, -0.25) is 4.98 Å². The number of rotatable bonds is 2. The van der Waals surface area contributed by atoms with E-state index in [1.54, 1.807) is 12.4 Å². The molecule has 1 aromatic heterocycles. The van der Waals surface area contributed by atoms with Crippen LogP contribution in [-0.2, 0) is 9.84 Å². The second-order valence-corrected chi connectivity index (χ2v) is 6.57. The minimum Gasteiger partial charge on any atom is -0.370 e. The molecule has 0 radical (unpaired) electrons. The highest BCUT2D eigenvalue weighted by Crippen LogP contribution is 2.22. The summed E-state index contributed by atoms with van der Waals surface area (Å²) in [6.45, 7) is 1.53. The summed E-state index contributed by atoms with van der Waals surface area (Å²) in [6, 6.07) is 3.84. The predicted octanol–water partition coefficient (Wildman–Crippen LogP) is 1.09. The molecule has 0 aromatic carbocycles. The average Bonchev–Trinajstić information content (AvgIpc) is 2.29. The molecule has 1 atom stereocenters. The minimum absolute atomic E-state index is 0.227. The van der Waals surface area contributed by atoms with Gasteiger partial charge in [-0.25, -0.2) is 8.42 Å². The van der Waals surface area contributed by atoms with E-state index in [9.17, 15) is 8.42 Å². The van der Waals surface area contributed by atoms with Crippen molar-refractivity contribution >= 4 is 15.5 Å². The molecule has 1 aromatic rings. The van der Waals surface area contributed by atoms with Gasteiger partial charge in [-0.2, -0.15) is 0 Å². The first-order valence-corrected chi connectivity index (χ1v) is 7.36. The van der Waals surface area contributed by atoms with Crippen LogP contribution in [0.25, 0.3) is 0 Å². The van der Waals surface area contributed by atoms with Gasteiger partial charge >= 0.3 is 0 Å². The molecule has 1 aliphatic rings. The summed E-state index contributed by atoms with van der Waals surface area (Å²) in [6.07, 6.45) is 6.51. The van der Waals surface area contributed by atoms with Crippen LogP contribution in [0.3, 0.4) is 0 Å². The highest BCUT2D eigenvalue weighted by molar-refractivity contribution is 7.91. The van der Waals surface area contributed by atoms with Crippen LogP contribution in [0.15, 0.2) is 24.5 Å². The van der Waals surface area contributed by atoms with Crippen molar-refractivity contribution in [2.24, 2.45) is 0 Å². The summed E-state index contributed by atoms with van der Waals surface area (Å²) in [7, 11) is -2.92. The minimum atomic E-state index is -2.92. The maximum Gasteiger partial charge on any atom is 0.152 e. The molecule has 5 heteroatoms. The molecule has 4 nitrogen and oxygen atoms in total. The van der Waals surface area contributed by atoms with Crippen LogP contribution in [0.2, 0.25) is 0 Å². The molecule has 0 N–H and O–H groups in total. The van der Waals surface area contributed by atoms with Gasteiger partial charge in [-0.15, -0.1) is 0 Å². The highest BCUT2D eigenvalue weighted by Gasteiger charge is 2.27. The molecule has 2 rings (SSSR count). The van der Waals surface area contributed by atoms with Crippen LogP contribution in [0, 0.1) is 0 Å². The van der Waals surface area contributed by atoms with Crippen molar-refractivity contribution in [3.05, 3.63) is 24.5 Å². The summed E-state index contributed by atoms with van der Waals surface area (Å²) in [5.74, 6) is 0. The Morgan fingerprint density at radius 2 is 2.06 bits per heavy atom. The van der Waals surface area contributed by atoms with Crippen LogP contribution in [0.1, 0.15) is 12.8 Å². The maximum absolute atomic E-state index is 11.5. The monoisotopic (exact) mass is 240 g/mol. The molecule has 2 heterocycles. The van der Waals surface area contributed by atoms with Crippen LogP contribution in [-0.4, -0.2) is 38.0 Å². The van der Waals surface area contributed by atoms with Gasteiger partial charge in [0.2, 0.25) is 0 Å². The molecular formula is C11H16N2O2S. The molecule has 0 spiro atoms. The highest BCUT2D eigenvalue weighted by atomic mass is 32.2. The van der Waals surface area contributed by atoms with Gasteiger partial charge in [-0.1, -0.05) is 0 Å². The van der Waals surface area contributed by atoms with Crippen LogP contribution >= 0.6 is 0 Å². The Bertz CT molecular complexity index is 444. The van der Waals surface area contributed by atoms with Crippen molar-refractivity contribution < 1.29 is 8.42 Å². The van der Waals surface area contributed by atoms with E-state index in [2.05, 4.69) is 9.88 Å². The summed E-state index contributed by atoms with van der Waals surface area (Å²) >= 11 is 0. The first-order chi connectivity index (χ1) is 7.57. The van der Waals surface area contributed by atoms with Gasteiger partial charge in [0.05, 0.1) is 5.25 Å². The molecule has 1 unspecified atom stereocenters. The van der Waals surface area contributed by atoms with Gasteiger partial charge in [0, 0.05) is 37.4 Å². The summed E-state index contributed by atoms with van der Waals surface area (Å²) in [5.41, 5.74) is 1.06. The van der Waals surface area contributed by atoms with E-state index in [0.717, 1.165) is 25.1 Å². The quantitative estimate of drug-likeness (QED) is 0.776. The van der Waals surface area contributed by atoms with Gasteiger partial charge in [0.25, 0.3) is 0 Å². The lowest BCUT2D eigenvalue weighted by Gasteiger charge is -2.33. The smallest absolute Gasteiger partial charge is 0.152 e. The van der Waals surface area contributed by atoms with E-state index in [1.165, 1.54) is 6.26 Å². The van der Waals surface area contributed by atoms with Crippen molar-refractivity contribution in [2.75, 3.05) is 24.2 Å². The summed E-state index contributed by atoms with van der Waals surface area (Å²) < 4.78 is 23.0. The molecule has 0 bridgehead atoms.